The molecule has 23 heavy (non-hydrogen) atoms. The standard InChI is InChI=1S/C17H20N2O4/c1-3-10-19(11-14(20)21)17(22)15-13(4-2)23-18-16(15)12-8-6-5-7-9-12/h5-9H,3-4,10-11H2,1-2H3,(H,20,21). The number of benzene rings is 1. The molecule has 0 unspecified atom stereocenters. The van der Waals surface area contributed by atoms with Gasteiger partial charge < -0.3 is 14.5 Å². The molecule has 1 amide bonds. The van der Waals surface area contributed by atoms with E-state index in [0.717, 1.165) is 5.56 Å². The Labute approximate surface area is 134 Å². The minimum atomic E-state index is -1.04. The first-order valence-corrected chi connectivity index (χ1v) is 7.63. The van der Waals surface area contributed by atoms with E-state index in [1.165, 1.54) is 4.90 Å². The summed E-state index contributed by atoms with van der Waals surface area (Å²) in [6.07, 6.45) is 1.18. The van der Waals surface area contributed by atoms with Crippen LogP contribution in [0.15, 0.2) is 34.9 Å². The number of aliphatic carboxylic acids is 1. The van der Waals surface area contributed by atoms with Gasteiger partial charge >= 0.3 is 5.97 Å². The van der Waals surface area contributed by atoms with Crippen LogP contribution in [-0.4, -0.2) is 40.1 Å². The van der Waals surface area contributed by atoms with E-state index in [9.17, 15) is 9.59 Å². The van der Waals surface area contributed by atoms with Crippen LogP contribution in [0, 0.1) is 0 Å². The van der Waals surface area contributed by atoms with Gasteiger partial charge in [-0.05, 0) is 6.42 Å². The quantitative estimate of drug-likeness (QED) is 0.849. The van der Waals surface area contributed by atoms with Gasteiger partial charge in [-0.2, -0.15) is 0 Å². The van der Waals surface area contributed by atoms with Crippen LogP contribution >= 0.6 is 0 Å². The highest BCUT2D eigenvalue weighted by atomic mass is 16.5. The Morgan fingerprint density at radius 3 is 2.48 bits per heavy atom. The number of aryl methyl sites for hydroxylation is 1. The van der Waals surface area contributed by atoms with Crippen LogP contribution < -0.4 is 0 Å². The Kier molecular flexibility index (Phi) is 5.51. The fraction of sp³-hybridized carbons (Fsp3) is 0.353. The molecule has 1 N–H and O–H groups in total. The first kappa shape index (κ1) is 16.7. The van der Waals surface area contributed by atoms with Crippen LogP contribution in [0.25, 0.3) is 11.3 Å². The molecule has 0 radical (unpaired) electrons. The zero-order valence-electron chi connectivity index (χ0n) is 13.3. The van der Waals surface area contributed by atoms with Crippen molar-refractivity contribution in [2.45, 2.75) is 26.7 Å². The van der Waals surface area contributed by atoms with Crippen molar-refractivity contribution in [1.82, 2.24) is 10.1 Å². The minimum Gasteiger partial charge on any atom is -0.480 e. The monoisotopic (exact) mass is 316 g/mol. The summed E-state index contributed by atoms with van der Waals surface area (Å²) in [6, 6.07) is 9.26. The number of carbonyl (C=O) groups is 2. The maximum atomic E-state index is 12.9. The second-order valence-corrected chi connectivity index (χ2v) is 5.17. The fourth-order valence-electron chi connectivity index (χ4n) is 2.42. The number of carboxylic acid groups (broad SMARTS) is 1. The Hall–Kier alpha value is -2.63. The fourth-order valence-corrected chi connectivity index (χ4v) is 2.42. The Morgan fingerprint density at radius 2 is 1.91 bits per heavy atom. The summed E-state index contributed by atoms with van der Waals surface area (Å²) in [4.78, 5) is 25.2. The van der Waals surface area contributed by atoms with E-state index in [4.69, 9.17) is 9.63 Å². The molecule has 2 aromatic rings. The molecule has 0 saturated heterocycles. The average molecular weight is 316 g/mol. The molecule has 6 heteroatoms. The van der Waals surface area contributed by atoms with Gasteiger partial charge in [-0.3, -0.25) is 9.59 Å². The molecule has 6 nitrogen and oxygen atoms in total. The summed E-state index contributed by atoms with van der Waals surface area (Å²) in [7, 11) is 0. The maximum absolute atomic E-state index is 12.9. The zero-order valence-corrected chi connectivity index (χ0v) is 13.3. The van der Waals surface area contributed by atoms with Crippen LogP contribution in [0.4, 0.5) is 0 Å². The molecule has 2 rings (SSSR count). The van der Waals surface area contributed by atoms with Crippen molar-refractivity contribution in [3.63, 3.8) is 0 Å². The van der Waals surface area contributed by atoms with Crippen molar-refractivity contribution in [1.29, 1.82) is 0 Å². The molecular formula is C17H20N2O4. The third-order valence-corrected chi connectivity index (χ3v) is 3.45. The van der Waals surface area contributed by atoms with E-state index < -0.39 is 5.97 Å². The normalized spacial score (nSPS) is 10.5. The first-order valence-electron chi connectivity index (χ1n) is 7.63. The molecule has 0 aliphatic rings. The van der Waals surface area contributed by atoms with E-state index >= 15 is 0 Å². The van der Waals surface area contributed by atoms with E-state index in [0.29, 0.717) is 36.4 Å². The number of hydrogen-bond donors (Lipinski definition) is 1. The molecule has 0 spiro atoms. The summed E-state index contributed by atoms with van der Waals surface area (Å²) in [5.74, 6) is -0.922. The van der Waals surface area contributed by atoms with Gasteiger partial charge in [0.05, 0.1) is 0 Å². The lowest BCUT2D eigenvalue weighted by molar-refractivity contribution is -0.137. The number of aromatic nitrogens is 1. The lowest BCUT2D eigenvalue weighted by Gasteiger charge is -2.20. The molecule has 0 saturated carbocycles. The zero-order chi connectivity index (χ0) is 16.8. The van der Waals surface area contributed by atoms with Gasteiger partial charge in [0, 0.05) is 18.5 Å². The smallest absolute Gasteiger partial charge is 0.323 e. The lowest BCUT2D eigenvalue weighted by atomic mass is 10.0. The molecule has 0 bridgehead atoms. The lowest BCUT2D eigenvalue weighted by Crippen LogP contribution is -2.36. The highest BCUT2D eigenvalue weighted by molar-refractivity contribution is 6.01. The summed E-state index contributed by atoms with van der Waals surface area (Å²) in [5.41, 5.74) is 1.58. The van der Waals surface area contributed by atoms with Gasteiger partial charge in [-0.25, -0.2) is 0 Å². The topological polar surface area (TPSA) is 83.6 Å². The average Bonchev–Trinajstić information content (AvgIpc) is 2.98. The molecule has 1 heterocycles. The molecular weight excluding hydrogens is 296 g/mol. The highest BCUT2D eigenvalue weighted by Gasteiger charge is 2.27. The van der Waals surface area contributed by atoms with E-state index in [1.54, 1.807) is 0 Å². The summed E-state index contributed by atoms with van der Waals surface area (Å²) in [5, 5.41) is 13.1. The molecule has 0 fully saturated rings. The van der Waals surface area contributed by atoms with Gasteiger partial charge in [0.25, 0.3) is 5.91 Å². The van der Waals surface area contributed by atoms with Gasteiger partial charge in [-0.1, -0.05) is 49.3 Å². The van der Waals surface area contributed by atoms with Crippen LogP contribution in [0.1, 0.15) is 36.4 Å². The summed E-state index contributed by atoms with van der Waals surface area (Å²) < 4.78 is 5.31. The van der Waals surface area contributed by atoms with Gasteiger partial charge in [0.2, 0.25) is 0 Å². The Bertz CT molecular complexity index is 679. The SMILES string of the molecule is CCCN(CC(=O)O)C(=O)c1c(-c2ccccc2)noc1CC. The number of carboxylic acids is 1. The van der Waals surface area contributed by atoms with Crippen molar-refractivity contribution < 1.29 is 19.2 Å². The summed E-state index contributed by atoms with van der Waals surface area (Å²) in [6.45, 7) is 3.80. The predicted molar refractivity (Wildman–Crippen MR) is 85.1 cm³/mol. The van der Waals surface area contributed by atoms with Crippen LogP contribution in [0.5, 0.6) is 0 Å². The van der Waals surface area contributed by atoms with Crippen molar-refractivity contribution in [2.24, 2.45) is 0 Å². The van der Waals surface area contributed by atoms with E-state index in [2.05, 4.69) is 5.16 Å². The van der Waals surface area contributed by atoms with Crippen molar-refractivity contribution in [3.05, 3.63) is 41.7 Å². The van der Waals surface area contributed by atoms with Crippen molar-refractivity contribution in [2.75, 3.05) is 13.1 Å². The Morgan fingerprint density at radius 1 is 1.22 bits per heavy atom. The van der Waals surface area contributed by atoms with E-state index in [-0.39, 0.29) is 12.5 Å². The highest BCUT2D eigenvalue weighted by Crippen LogP contribution is 2.27. The number of rotatable bonds is 7. The number of nitrogens with zero attached hydrogens (tertiary/aromatic N) is 2. The van der Waals surface area contributed by atoms with Gasteiger partial charge in [0.1, 0.15) is 23.6 Å². The second-order valence-electron chi connectivity index (χ2n) is 5.17. The number of amides is 1. The van der Waals surface area contributed by atoms with Crippen molar-refractivity contribution >= 4 is 11.9 Å². The third kappa shape index (κ3) is 3.77. The van der Waals surface area contributed by atoms with Crippen LogP contribution in [0.2, 0.25) is 0 Å². The molecule has 0 aliphatic carbocycles. The van der Waals surface area contributed by atoms with Gasteiger partial charge in [-0.15, -0.1) is 0 Å². The largest absolute Gasteiger partial charge is 0.480 e. The molecule has 1 aromatic heterocycles. The first-order chi connectivity index (χ1) is 11.1. The molecule has 0 atom stereocenters. The Balaban J connectivity index is 2.45. The third-order valence-electron chi connectivity index (χ3n) is 3.45. The number of carbonyl (C=O) groups excluding carboxylic acids is 1. The number of hydrogen-bond acceptors (Lipinski definition) is 4. The van der Waals surface area contributed by atoms with Crippen molar-refractivity contribution in [3.8, 4) is 11.3 Å². The van der Waals surface area contributed by atoms with Crippen LogP contribution in [0.3, 0.4) is 0 Å². The van der Waals surface area contributed by atoms with E-state index in [1.807, 2.05) is 44.2 Å². The maximum Gasteiger partial charge on any atom is 0.323 e. The van der Waals surface area contributed by atoms with Crippen LogP contribution in [-0.2, 0) is 11.2 Å². The van der Waals surface area contributed by atoms with Gasteiger partial charge in [0.15, 0.2) is 0 Å². The minimum absolute atomic E-state index is 0.338. The predicted octanol–water partition coefficient (Wildman–Crippen LogP) is 2.84. The second kappa shape index (κ2) is 7.58. The summed E-state index contributed by atoms with van der Waals surface area (Å²) >= 11 is 0. The molecule has 1 aromatic carbocycles. The molecule has 122 valence electrons. The molecule has 0 aliphatic heterocycles.